The lowest BCUT2D eigenvalue weighted by atomic mass is 9.93. The van der Waals surface area contributed by atoms with E-state index in [1.165, 1.54) is 14.0 Å². The Labute approximate surface area is 135 Å². The van der Waals surface area contributed by atoms with Gasteiger partial charge in [-0.25, -0.2) is 4.79 Å². The number of methoxy groups -OCH3 is 1. The van der Waals surface area contributed by atoms with Crippen molar-refractivity contribution in [1.82, 2.24) is 0 Å². The molecule has 0 atom stereocenters. The zero-order valence-electron chi connectivity index (χ0n) is 13.1. The highest BCUT2D eigenvalue weighted by atomic mass is 16.5. The molecule has 0 N–H and O–H groups in total. The second-order valence-corrected chi connectivity index (χ2v) is 4.86. The van der Waals surface area contributed by atoms with Crippen molar-refractivity contribution in [2.75, 3.05) is 13.7 Å². The second-order valence-electron chi connectivity index (χ2n) is 4.86. The summed E-state index contributed by atoms with van der Waals surface area (Å²) in [6, 6.07) is 19.0. The van der Waals surface area contributed by atoms with E-state index in [-0.39, 0.29) is 6.61 Å². The van der Waals surface area contributed by atoms with Crippen LogP contribution in [-0.2, 0) is 19.1 Å². The van der Waals surface area contributed by atoms with Gasteiger partial charge in [0, 0.05) is 12.5 Å². The fraction of sp³-hybridized carbons (Fsp3) is 0.158. The van der Waals surface area contributed by atoms with Gasteiger partial charge >= 0.3 is 11.9 Å². The van der Waals surface area contributed by atoms with Crippen LogP contribution in [0.15, 0.2) is 66.2 Å². The zero-order chi connectivity index (χ0) is 16.7. The number of benzene rings is 2. The minimum Gasteiger partial charge on any atom is -0.466 e. The maximum atomic E-state index is 12.2. The molecule has 0 aliphatic heterocycles. The van der Waals surface area contributed by atoms with Gasteiger partial charge in [0.1, 0.15) is 6.61 Å². The van der Waals surface area contributed by atoms with Crippen molar-refractivity contribution in [3.05, 3.63) is 77.4 Å². The molecular formula is C19H18O4. The minimum atomic E-state index is -0.519. The number of carbonyl (C=O) groups excluding carboxylic acids is 2. The quantitative estimate of drug-likeness (QED) is 0.628. The van der Waals surface area contributed by atoms with Crippen LogP contribution in [0.2, 0.25) is 0 Å². The molecule has 0 saturated heterocycles. The number of rotatable bonds is 5. The van der Waals surface area contributed by atoms with E-state index in [0.29, 0.717) is 11.1 Å². The molecular weight excluding hydrogens is 292 g/mol. The van der Waals surface area contributed by atoms with Gasteiger partial charge in [0.25, 0.3) is 0 Å². The molecule has 0 amide bonds. The largest absolute Gasteiger partial charge is 0.466 e. The second kappa shape index (κ2) is 7.94. The van der Waals surface area contributed by atoms with Gasteiger partial charge in [-0.2, -0.15) is 0 Å². The molecule has 2 aromatic carbocycles. The van der Waals surface area contributed by atoms with E-state index < -0.39 is 11.9 Å². The van der Waals surface area contributed by atoms with Crippen molar-refractivity contribution in [2.45, 2.75) is 6.92 Å². The standard InChI is InChI=1S/C19H18O4/c1-14(20)23-13-17(19(21)22-2)18(15-9-5-3-6-10-15)16-11-7-4-8-12-16/h3-12H,13H2,1-2H3. The molecule has 2 aromatic rings. The van der Waals surface area contributed by atoms with E-state index in [2.05, 4.69) is 0 Å². The van der Waals surface area contributed by atoms with Crippen LogP contribution in [0, 0.1) is 0 Å². The third-order valence-electron chi connectivity index (χ3n) is 3.28. The lowest BCUT2D eigenvalue weighted by Gasteiger charge is -2.15. The van der Waals surface area contributed by atoms with E-state index in [1.54, 1.807) is 0 Å². The van der Waals surface area contributed by atoms with Gasteiger partial charge < -0.3 is 9.47 Å². The first-order chi connectivity index (χ1) is 11.1. The lowest BCUT2D eigenvalue weighted by molar-refractivity contribution is -0.142. The maximum absolute atomic E-state index is 12.2. The number of hydrogen-bond acceptors (Lipinski definition) is 4. The smallest absolute Gasteiger partial charge is 0.337 e. The lowest BCUT2D eigenvalue weighted by Crippen LogP contribution is -2.15. The average Bonchev–Trinajstić information content (AvgIpc) is 2.59. The molecule has 0 unspecified atom stereocenters. The van der Waals surface area contributed by atoms with Gasteiger partial charge in [0.2, 0.25) is 0 Å². The summed E-state index contributed by atoms with van der Waals surface area (Å²) in [5.41, 5.74) is 2.71. The molecule has 0 bridgehead atoms. The molecule has 0 aliphatic carbocycles. The van der Waals surface area contributed by atoms with Crippen LogP contribution in [0.5, 0.6) is 0 Å². The molecule has 0 saturated carbocycles. The van der Waals surface area contributed by atoms with Gasteiger partial charge in [-0.3, -0.25) is 4.79 Å². The summed E-state index contributed by atoms with van der Waals surface area (Å²) in [5.74, 6) is -0.971. The first-order valence-electron chi connectivity index (χ1n) is 7.19. The van der Waals surface area contributed by atoms with Gasteiger partial charge in [-0.05, 0) is 11.1 Å². The summed E-state index contributed by atoms with van der Waals surface area (Å²) in [5, 5.41) is 0. The van der Waals surface area contributed by atoms with E-state index >= 15 is 0 Å². The summed E-state index contributed by atoms with van der Waals surface area (Å²) in [6.07, 6.45) is 0. The number of ether oxygens (including phenoxy) is 2. The summed E-state index contributed by atoms with van der Waals surface area (Å²) in [4.78, 5) is 23.4. The van der Waals surface area contributed by atoms with Crippen molar-refractivity contribution in [3.63, 3.8) is 0 Å². The highest BCUT2D eigenvalue weighted by Gasteiger charge is 2.20. The van der Waals surface area contributed by atoms with Crippen LogP contribution in [0.4, 0.5) is 0 Å². The predicted molar refractivity (Wildman–Crippen MR) is 87.6 cm³/mol. The van der Waals surface area contributed by atoms with Gasteiger partial charge in [0.05, 0.1) is 12.7 Å². The molecule has 0 spiro atoms. The van der Waals surface area contributed by atoms with Gasteiger partial charge in [-0.1, -0.05) is 60.7 Å². The van der Waals surface area contributed by atoms with E-state index in [4.69, 9.17) is 9.47 Å². The summed E-state index contributed by atoms with van der Waals surface area (Å²) >= 11 is 0. The Morgan fingerprint density at radius 1 is 0.870 bits per heavy atom. The topological polar surface area (TPSA) is 52.6 Å². The summed E-state index contributed by atoms with van der Waals surface area (Å²) < 4.78 is 9.93. The molecule has 0 radical (unpaired) electrons. The zero-order valence-corrected chi connectivity index (χ0v) is 13.1. The Morgan fingerprint density at radius 2 is 1.35 bits per heavy atom. The molecule has 0 fully saturated rings. The summed E-state index contributed by atoms with van der Waals surface area (Å²) in [7, 11) is 1.31. The maximum Gasteiger partial charge on any atom is 0.337 e. The highest BCUT2D eigenvalue weighted by molar-refractivity contribution is 6.02. The van der Waals surface area contributed by atoms with E-state index in [1.807, 2.05) is 60.7 Å². The number of carbonyl (C=O) groups is 2. The van der Waals surface area contributed by atoms with Crippen LogP contribution >= 0.6 is 0 Å². The van der Waals surface area contributed by atoms with Crippen molar-refractivity contribution in [1.29, 1.82) is 0 Å². The third kappa shape index (κ3) is 4.30. The van der Waals surface area contributed by atoms with Crippen molar-refractivity contribution >= 4 is 17.5 Å². The van der Waals surface area contributed by atoms with Crippen molar-refractivity contribution < 1.29 is 19.1 Å². The minimum absolute atomic E-state index is 0.138. The Bertz CT molecular complexity index is 661. The number of hydrogen-bond donors (Lipinski definition) is 0. The molecule has 118 valence electrons. The van der Waals surface area contributed by atoms with E-state index in [0.717, 1.165) is 11.1 Å². The molecule has 4 nitrogen and oxygen atoms in total. The Hall–Kier alpha value is -2.88. The van der Waals surface area contributed by atoms with Crippen LogP contribution in [0.3, 0.4) is 0 Å². The first kappa shape index (κ1) is 16.5. The monoisotopic (exact) mass is 310 g/mol. The number of esters is 2. The fourth-order valence-electron chi connectivity index (χ4n) is 2.25. The molecule has 0 heterocycles. The first-order valence-corrected chi connectivity index (χ1v) is 7.19. The van der Waals surface area contributed by atoms with Gasteiger partial charge in [-0.15, -0.1) is 0 Å². The van der Waals surface area contributed by atoms with Crippen LogP contribution in [0.1, 0.15) is 18.1 Å². The van der Waals surface area contributed by atoms with E-state index in [9.17, 15) is 9.59 Å². The molecule has 4 heteroatoms. The van der Waals surface area contributed by atoms with Crippen molar-refractivity contribution in [2.24, 2.45) is 0 Å². The molecule has 2 rings (SSSR count). The van der Waals surface area contributed by atoms with Crippen LogP contribution in [0.25, 0.3) is 5.57 Å². The van der Waals surface area contributed by atoms with Crippen LogP contribution in [-0.4, -0.2) is 25.7 Å². The fourth-order valence-corrected chi connectivity index (χ4v) is 2.25. The normalized spacial score (nSPS) is 9.83. The molecule has 0 aliphatic rings. The summed E-state index contributed by atoms with van der Waals surface area (Å²) in [6.45, 7) is 1.17. The molecule has 0 aromatic heterocycles. The van der Waals surface area contributed by atoms with Crippen molar-refractivity contribution in [3.8, 4) is 0 Å². The Morgan fingerprint density at radius 3 is 1.74 bits per heavy atom. The van der Waals surface area contributed by atoms with Crippen LogP contribution < -0.4 is 0 Å². The Balaban J connectivity index is 2.63. The SMILES string of the molecule is COC(=O)C(COC(C)=O)=C(c1ccccc1)c1ccccc1. The average molecular weight is 310 g/mol. The molecule has 23 heavy (non-hydrogen) atoms. The predicted octanol–water partition coefficient (Wildman–Crippen LogP) is 3.22. The highest BCUT2D eigenvalue weighted by Crippen LogP contribution is 2.27. The van der Waals surface area contributed by atoms with Gasteiger partial charge in [0.15, 0.2) is 0 Å². The third-order valence-corrected chi connectivity index (χ3v) is 3.28. The Kier molecular flexibility index (Phi) is 5.69.